The van der Waals surface area contributed by atoms with Gasteiger partial charge in [0.25, 0.3) is 0 Å². The number of rotatable bonds is 9. The number of carbonyl (C=O) groups excluding carboxylic acids is 1. The van der Waals surface area contributed by atoms with Crippen molar-refractivity contribution in [2.45, 2.75) is 51.6 Å². The first-order valence-electron chi connectivity index (χ1n) is 5.68. The molecule has 0 aromatic rings. The summed E-state index contributed by atoms with van der Waals surface area (Å²) in [7, 11) is 0. The Kier molecular flexibility index (Phi) is 14.8. The lowest BCUT2D eigenvalue weighted by Crippen LogP contribution is -2.21. The summed E-state index contributed by atoms with van der Waals surface area (Å²) >= 11 is 1.12. The molecule has 16 heavy (non-hydrogen) atoms. The first-order valence-corrected chi connectivity index (χ1v) is 6.66. The van der Waals surface area contributed by atoms with Crippen molar-refractivity contribution in [2.75, 3.05) is 12.4 Å². The molecule has 0 heterocycles. The Morgan fingerprint density at radius 1 is 1.19 bits per heavy atom. The van der Waals surface area contributed by atoms with Crippen LogP contribution in [-0.2, 0) is 4.79 Å². The minimum atomic E-state index is -1.20. The number of carbonyl (C=O) groups is 1. The largest absolute Gasteiger partial charge is 0.412 e. The van der Waals surface area contributed by atoms with Crippen LogP contribution in [-0.4, -0.2) is 39.3 Å². The van der Waals surface area contributed by atoms with Gasteiger partial charge < -0.3 is 15.7 Å². The molecule has 0 aromatic carbocycles. The van der Waals surface area contributed by atoms with E-state index in [1.54, 1.807) is 0 Å². The summed E-state index contributed by atoms with van der Waals surface area (Å²) in [5.74, 6) is 0.752. The Balaban J connectivity index is 0. The second kappa shape index (κ2) is 13.0. The molecule has 0 saturated heterocycles. The third-order valence-electron chi connectivity index (χ3n) is 2.19. The Labute approximate surface area is 102 Å². The van der Waals surface area contributed by atoms with Crippen LogP contribution in [0.5, 0.6) is 0 Å². The zero-order chi connectivity index (χ0) is 11.5. The van der Waals surface area contributed by atoms with Gasteiger partial charge in [0.05, 0.1) is 6.61 Å². The van der Waals surface area contributed by atoms with Gasteiger partial charge in [-0.15, -0.1) is 0 Å². The van der Waals surface area contributed by atoms with E-state index in [4.69, 9.17) is 10.2 Å². The van der Waals surface area contributed by atoms with E-state index >= 15 is 0 Å². The predicted octanol–water partition coefficient (Wildman–Crippen LogP) is 1.14. The van der Waals surface area contributed by atoms with Crippen LogP contribution in [0.4, 0.5) is 0 Å². The monoisotopic (exact) mass is 252 g/mol. The normalized spacial score (nSPS) is 11.9. The summed E-state index contributed by atoms with van der Waals surface area (Å²) in [5, 5.41) is 17.2. The van der Waals surface area contributed by atoms with Gasteiger partial charge in [0.15, 0.2) is 0 Å². The molecule has 0 aliphatic heterocycles. The summed E-state index contributed by atoms with van der Waals surface area (Å²) in [6.07, 6.45) is 5.99. The second-order valence-corrected chi connectivity index (χ2v) is 4.73. The number of thioether (sulfide) groups is 1. The number of hydrogen-bond acceptors (Lipinski definition) is 4. The highest BCUT2D eigenvalue weighted by atomic mass is 32.2. The predicted molar refractivity (Wildman–Crippen MR) is 67.5 cm³/mol. The average Bonchev–Trinajstić information content (AvgIpc) is 2.26. The molecule has 0 saturated carbocycles. The molecule has 5 heteroatoms. The van der Waals surface area contributed by atoms with Crippen LogP contribution >= 0.6 is 11.8 Å². The lowest BCUT2D eigenvalue weighted by molar-refractivity contribution is -0.119. The van der Waals surface area contributed by atoms with E-state index in [0.29, 0.717) is 0 Å². The molecular formula is C11H24O4S. The average molecular weight is 252 g/mol. The molecule has 1 unspecified atom stereocenters. The maximum atomic E-state index is 11.1. The molecule has 0 aromatic heterocycles. The van der Waals surface area contributed by atoms with Gasteiger partial charge in [0, 0.05) is 5.75 Å². The van der Waals surface area contributed by atoms with E-state index in [1.807, 2.05) is 0 Å². The van der Waals surface area contributed by atoms with Gasteiger partial charge in [-0.05, 0) is 6.42 Å². The molecule has 98 valence electrons. The van der Waals surface area contributed by atoms with E-state index in [0.717, 1.165) is 30.4 Å². The first kappa shape index (κ1) is 18.3. The molecule has 4 nitrogen and oxygen atoms in total. The third kappa shape index (κ3) is 10.4. The molecule has 0 aliphatic rings. The summed E-state index contributed by atoms with van der Waals surface area (Å²) in [6, 6.07) is 0. The molecule has 1 atom stereocenters. The highest BCUT2D eigenvalue weighted by Gasteiger charge is 2.13. The number of unbranched alkanes of at least 4 members (excludes halogenated alkanes) is 5. The fraction of sp³-hybridized carbons (Fsp3) is 0.909. The quantitative estimate of drug-likeness (QED) is 0.602. The highest BCUT2D eigenvalue weighted by molar-refractivity contribution is 8.13. The molecule has 0 amide bonds. The maximum Gasteiger partial charge on any atom is 0.219 e. The maximum absolute atomic E-state index is 11.1. The van der Waals surface area contributed by atoms with Crippen LogP contribution in [0.3, 0.4) is 0 Å². The van der Waals surface area contributed by atoms with Crippen molar-refractivity contribution >= 4 is 16.9 Å². The fourth-order valence-corrected chi connectivity index (χ4v) is 2.04. The van der Waals surface area contributed by atoms with Crippen molar-refractivity contribution in [3.05, 3.63) is 0 Å². The Morgan fingerprint density at radius 3 is 2.31 bits per heavy atom. The molecule has 0 bridgehead atoms. The van der Waals surface area contributed by atoms with E-state index in [-0.39, 0.29) is 10.6 Å². The highest BCUT2D eigenvalue weighted by Crippen LogP contribution is 2.11. The zero-order valence-electron chi connectivity index (χ0n) is 9.95. The summed E-state index contributed by atoms with van der Waals surface area (Å²) in [4.78, 5) is 11.1. The van der Waals surface area contributed by atoms with Crippen molar-refractivity contribution in [3.63, 3.8) is 0 Å². The van der Waals surface area contributed by atoms with Crippen LogP contribution in [0, 0.1) is 0 Å². The van der Waals surface area contributed by atoms with Crippen LogP contribution in [0.15, 0.2) is 0 Å². The van der Waals surface area contributed by atoms with Gasteiger partial charge in [-0.1, -0.05) is 50.8 Å². The zero-order valence-corrected chi connectivity index (χ0v) is 10.8. The molecule has 0 rings (SSSR count). The Bertz CT molecular complexity index is 164. The summed E-state index contributed by atoms with van der Waals surface area (Å²) < 4.78 is 0. The number of aliphatic hydroxyl groups is 2. The van der Waals surface area contributed by atoms with E-state index in [9.17, 15) is 4.79 Å². The van der Waals surface area contributed by atoms with Crippen molar-refractivity contribution < 1.29 is 20.5 Å². The van der Waals surface area contributed by atoms with Gasteiger partial charge in [-0.3, -0.25) is 4.79 Å². The molecule has 0 aliphatic carbocycles. The molecule has 0 fully saturated rings. The summed E-state index contributed by atoms with van der Waals surface area (Å²) in [5.41, 5.74) is 0. The fourth-order valence-electron chi connectivity index (χ4n) is 1.23. The van der Waals surface area contributed by atoms with Crippen molar-refractivity contribution in [3.8, 4) is 0 Å². The SMILES string of the molecule is CCCCCCCCSC(=O)C(O)CO.O. The smallest absolute Gasteiger partial charge is 0.219 e. The second-order valence-electron chi connectivity index (χ2n) is 3.63. The lowest BCUT2D eigenvalue weighted by Gasteiger charge is -2.04. The Hall–Kier alpha value is -0.100. The molecule has 4 N–H and O–H groups in total. The first-order chi connectivity index (χ1) is 7.22. The van der Waals surface area contributed by atoms with Crippen LogP contribution < -0.4 is 0 Å². The molecule has 0 radical (unpaired) electrons. The van der Waals surface area contributed by atoms with Gasteiger partial charge >= 0.3 is 0 Å². The van der Waals surface area contributed by atoms with E-state index in [1.165, 1.54) is 25.7 Å². The number of aliphatic hydroxyl groups excluding tert-OH is 2. The topological polar surface area (TPSA) is 89.0 Å². The van der Waals surface area contributed by atoms with Crippen LogP contribution in [0.25, 0.3) is 0 Å². The van der Waals surface area contributed by atoms with E-state index in [2.05, 4.69) is 6.92 Å². The van der Waals surface area contributed by atoms with Gasteiger partial charge in [-0.2, -0.15) is 0 Å². The van der Waals surface area contributed by atoms with E-state index < -0.39 is 12.7 Å². The van der Waals surface area contributed by atoms with Gasteiger partial charge in [0.1, 0.15) is 6.10 Å². The van der Waals surface area contributed by atoms with Crippen LogP contribution in [0.1, 0.15) is 45.4 Å². The minimum Gasteiger partial charge on any atom is -0.412 e. The summed E-state index contributed by atoms with van der Waals surface area (Å²) in [6.45, 7) is 1.72. The standard InChI is InChI=1S/C11H22O3S.H2O/c1-2-3-4-5-6-7-8-15-11(14)10(13)9-12;/h10,12-13H,2-9H2,1H3;1H2. The molecular weight excluding hydrogens is 228 g/mol. The lowest BCUT2D eigenvalue weighted by atomic mass is 10.1. The van der Waals surface area contributed by atoms with Crippen molar-refractivity contribution in [2.24, 2.45) is 0 Å². The number of hydrogen-bond donors (Lipinski definition) is 2. The third-order valence-corrected chi connectivity index (χ3v) is 3.24. The van der Waals surface area contributed by atoms with Gasteiger partial charge in [0.2, 0.25) is 5.12 Å². The Morgan fingerprint density at radius 2 is 1.75 bits per heavy atom. The van der Waals surface area contributed by atoms with Crippen molar-refractivity contribution in [1.82, 2.24) is 0 Å². The minimum absolute atomic E-state index is 0. The van der Waals surface area contributed by atoms with Crippen LogP contribution in [0.2, 0.25) is 0 Å². The van der Waals surface area contributed by atoms with Crippen molar-refractivity contribution in [1.29, 1.82) is 0 Å². The van der Waals surface area contributed by atoms with Gasteiger partial charge in [-0.25, -0.2) is 0 Å². The molecule has 0 spiro atoms.